The van der Waals surface area contributed by atoms with Crippen LogP contribution >= 0.6 is 0 Å². The monoisotopic (exact) mass is 310 g/mol. The lowest BCUT2D eigenvalue weighted by Gasteiger charge is -2.03. The minimum absolute atomic E-state index is 0.132. The number of nitrogens with zero attached hydrogens (tertiary/aromatic N) is 2. The molecule has 1 aliphatic rings. The minimum Gasteiger partial charge on any atom is -0.477 e. The Kier molecular flexibility index (Phi) is 3.52. The van der Waals surface area contributed by atoms with Gasteiger partial charge in [-0.1, -0.05) is 0 Å². The number of aromatic amines is 1. The Bertz CT molecular complexity index is 917. The normalized spacial score (nSPS) is 15.8. The van der Waals surface area contributed by atoms with Gasteiger partial charge in [0.1, 0.15) is 12.2 Å². The molecule has 8 nitrogen and oxygen atoms in total. The van der Waals surface area contributed by atoms with Gasteiger partial charge < -0.3 is 20.1 Å². The molecule has 0 fully saturated rings. The van der Waals surface area contributed by atoms with Crippen molar-refractivity contribution in [3.63, 3.8) is 0 Å². The number of carbonyl (C=O) groups is 2. The second kappa shape index (κ2) is 5.65. The molecule has 0 spiro atoms. The van der Waals surface area contributed by atoms with Crippen molar-refractivity contribution in [1.29, 1.82) is 5.26 Å². The second-order valence-corrected chi connectivity index (χ2v) is 4.60. The number of Topliss-reactive ketones (excluding diaryl/α,β-unsaturated/α-hetero) is 1. The standard InChI is InChI=1S/C15H10N4O4/c16-3-5-18-14-11(15(21)22)12(20)10(23-14)6-8-7-19-13-9(8)2-1-4-17-13/h1-2,4,6-7,18H,5H2,(H,17,19)(H,21,22)/b10-6-. The van der Waals surface area contributed by atoms with E-state index in [9.17, 15) is 9.59 Å². The number of H-pyrrole nitrogens is 1. The average Bonchev–Trinajstić information content (AvgIpc) is 3.08. The van der Waals surface area contributed by atoms with Crippen molar-refractivity contribution < 1.29 is 19.4 Å². The first-order valence-corrected chi connectivity index (χ1v) is 6.56. The lowest BCUT2D eigenvalue weighted by molar-refractivity contribution is -0.134. The number of nitrogens with one attached hydrogen (secondary N) is 2. The summed E-state index contributed by atoms with van der Waals surface area (Å²) in [5.74, 6) is -2.53. The Balaban J connectivity index is 1.98. The van der Waals surface area contributed by atoms with Crippen LogP contribution in [0.2, 0.25) is 0 Å². The van der Waals surface area contributed by atoms with Crippen LogP contribution in [-0.2, 0) is 14.3 Å². The minimum atomic E-state index is -1.42. The first kappa shape index (κ1) is 14.3. The molecule has 3 heterocycles. The number of aliphatic carboxylic acids is 1. The molecule has 0 saturated carbocycles. The van der Waals surface area contributed by atoms with Gasteiger partial charge in [0.05, 0.1) is 6.07 Å². The molecule has 0 unspecified atom stereocenters. The molecule has 0 radical (unpaired) electrons. The van der Waals surface area contributed by atoms with Gasteiger partial charge in [0.25, 0.3) is 0 Å². The topological polar surface area (TPSA) is 128 Å². The molecule has 114 valence electrons. The molecule has 3 N–H and O–H groups in total. The molecule has 0 aromatic carbocycles. The summed E-state index contributed by atoms with van der Waals surface area (Å²) in [5.41, 5.74) is 0.756. The average molecular weight is 310 g/mol. The number of ether oxygens (including phenoxy) is 1. The van der Waals surface area contributed by atoms with E-state index in [-0.39, 0.29) is 18.2 Å². The van der Waals surface area contributed by atoms with Gasteiger partial charge in [0.15, 0.2) is 11.3 Å². The van der Waals surface area contributed by atoms with E-state index in [0.29, 0.717) is 11.2 Å². The van der Waals surface area contributed by atoms with Gasteiger partial charge in [-0.15, -0.1) is 0 Å². The summed E-state index contributed by atoms with van der Waals surface area (Å²) < 4.78 is 5.29. The zero-order chi connectivity index (χ0) is 16.4. The predicted octanol–water partition coefficient (Wildman–Crippen LogP) is 0.912. The number of pyridine rings is 1. The summed E-state index contributed by atoms with van der Waals surface area (Å²) in [7, 11) is 0. The molecule has 23 heavy (non-hydrogen) atoms. The Morgan fingerprint density at radius 3 is 3.13 bits per heavy atom. The van der Waals surface area contributed by atoms with Gasteiger partial charge >= 0.3 is 5.97 Å². The molecule has 2 aromatic rings. The van der Waals surface area contributed by atoms with E-state index in [1.54, 1.807) is 24.5 Å². The molecule has 0 bridgehead atoms. The van der Waals surface area contributed by atoms with E-state index in [2.05, 4.69) is 15.3 Å². The van der Waals surface area contributed by atoms with Crippen LogP contribution in [0.25, 0.3) is 17.1 Å². The number of hydrogen-bond acceptors (Lipinski definition) is 6. The van der Waals surface area contributed by atoms with E-state index in [1.807, 2.05) is 6.07 Å². The fourth-order valence-corrected chi connectivity index (χ4v) is 2.20. The van der Waals surface area contributed by atoms with Crippen LogP contribution in [-0.4, -0.2) is 33.4 Å². The van der Waals surface area contributed by atoms with Gasteiger partial charge in [-0.25, -0.2) is 9.78 Å². The number of carbonyl (C=O) groups excluding carboxylic acids is 1. The van der Waals surface area contributed by atoms with Gasteiger partial charge in [0.2, 0.25) is 11.7 Å². The maximum Gasteiger partial charge on any atom is 0.345 e. The number of allylic oxidation sites excluding steroid dienone is 1. The first-order chi connectivity index (χ1) is 11.1. The number of fused-ring (bicyclic) bond motifs is 1. The molecule has 0 atom stereocenters. The van der Waals surface area contributed by atoms with Crippen molar-refractivity contribution in [1.82, 2.24) is 15.3 Å². The largest absolute Gasteiger partial charge is 0.477 e. The van der Waals surface area contributed by atoms with Crippen molar-refractivity contribution in [2.24, 2.45) is 0 Å². The van der Waals surface area contributed by atoms with Crippen LogP contribution < -0.4 is 5.32 Å². The summed E-state index contributed by atoms with van der Waals surface area (Å²) >= 11 is 0. The van der Waals surface area contributed by atoms with Crippen molar-refractivity contribution in [2.75, 3.05) is 6.54 Å². The number of rotatable bonds is 4. The van der Waals surface area contributed by atoms with Gasteiger partial charge in [-0.3, -0.25) is 4.79 Å². The predicted molar refractivity (Wildman–Crippen MR) is 78.4 cm³/mol. The van der Waals surface area contributed by atoms with Gasteiger partial charge in [-0.05, 0) is 18.2 Å². The highest BCUT2D eigenvalue weighted by molar-refractivity contribution is 6.26. The third kappa shape index (κ3) is 2.51. The lowest BCUT2D eigenvalue weighted by atomic mass is 10.1. The van der Waals surface area contributed by atoms with Crippen LogP contribution in [0.5, 0.6) is 0 Å². The molecule has 3 rings (SSSR count). The highest BCUT2D eigenvalue weighted by atomic mass is 16.5. The zero-order valence-corrected chi connectivity index (χ0v) is 11.7. The number of carboxylic acid groups (broad SMARTS) is 1. The van der Waals surface area contributed by atoms with Crippen molar-refractivity contribution in [3.8, 4) is 6.07 Å². The Morgan fingerprint density at radius 2 is 2.39 bits per heavy atom. The van der Waals surface area contributed by atoms with E-state index in [1.165, 1.54) is 6.08 Å². The number of carboxylic acids is 1. The smallest absolute Gasteiger partial charge is 0.345 e. The molecule has 0 amide bonds. The molecule has 0 aliphatic carbocycles. The number of ketones is 1. The van der Waals surface area contributed by atoms with Crippen molar-refractivity contribution in [3.05, 3.63) is 47.3 Å². The molecular formula is C15H10N4O4. The summed E-state index contributed by atoms with van der Waals surface area (Å²) in [6, 6.07) is 5.35. The zero-order valence-electron chi connectivity index (χ0n) is 11.7. The fourth-order valence-electron chi connectivity index (χ4n) is 2.20. The van der Waals surface area contributed by atoms with E-state index in [0.717, 1.165) is 5.39 Å². The highest BCUT2D eigenvalue weighted by Gasteiger charge is 2.35. The third-order valence-corrected chi connectivity index (χ3v) is 3.20. The maximum atomic E-state index is 12.2. The summed E-state index contributed by atoms with van der Waals surface area (Å²) in [6.07, 6.45) is 4.70. The highest BCUT2D eigenvalue weighted by Crippen LogP contribution is 2.27. The number of nitriles is 1. The van der Waals surface area contributed by atoms with E-state index < -0.39 is 17.3 Å². The van der Waals surface area contributed by atoms with Crippen LogP contribution in [0, 0.1) is 11.3 Å². The SMILES string of the molecule is N#CCNC1=C(C(=O)O)C(=O)/C(=C/c2c[nH]c3ncccc23)O1. The lowest BCUT2D eigenvalue weighted by Crippen LogP contribution is -2.18. The molecule has 8 heteroatoms. The van der Waals surface area contributed by atoms with Crippen LogP contribution in [0.15, 0.2) is 41.7 Å². The Hall–Kier alpha value is -3.60. The number of hydrogen-bond donors (Lipinski definition) is 3. The van der Waals surface area contributed by atoms with E-state index >= 15 is 0 Å². The summed E-state index contributed by atoms with van der Waals surface area (Å²) in [6.45, 7) is -0.177. The Labute approximate surface area is 129 Å². The second-order valence-electron chi connectivity index (χ2n) is 4.60. The van der Waals surface area contributed by atoms with Crippen LogP contribution in [0.4, 0.5) is 0 Å². The van der Waals surface area contributed by atoms with Crippen molar-refractivity contribution in [2.45, 2.75) is 0 Å². The fraction of sp³-hybridized carbons (Fsp3) is 0.0667. The third-order valence-electron chi connectivity index (χ3n) is 3.20. The molecule has 1 aliphatic heterocycles. The quantitative estimate of drug-likeness (QED) is 0.435. The van der Waals surface area contributed by atoms with E-state index in [4.69, 9.17) is 15.1 Å². The van der Waals surface area contributed by atoms with Crippen LogP contribution in [0.1, 0.15) is 5.56 Å². The van der Waals surface area contributed by atoms with Crippen molar-refractivity contribution >= 4 is 28.9 Å². The summed E-state index contributed by atoms with van der Waals surface area (Å²) in [4.78, 5) is 30.5. The van der Waals surface area contributed by atoms with Crippen LogP contribution in [0.3, 0.4) is 0 Å². The first-order valence-electron chi connectivity index (χ1n) is 6.56. The Morgan fingerprint density at radius 1 is 1.57 bits per heavy atom. The summed E-state index contributed by atoms with van der Waals surface area (Å²) in [5, 5.41) is 20.9. The van der Waals surface area contributed by atoms with Gasteiger partial charge in [0, 0.05) is 23.3 Å². The molecule has 0 saturated heterocycles. The molecular weight excluding hydrogens is 300 g/mol. The maximum absolute atomic E-state index is 12.2. The number of aromatic nitrogens is 2. The molecule has 2 aromatic heterocycles. The van der Waals surface area contributed by atoms with Gasteiger partial charge in [-0.2, -0.15) is 5.26 Å².